The van der Waals surface area contributed by atoms with E-state index < -0.39 is 0 Å². The number of rotatable bonds is 0. The first-order valence-corrected chi connectivity index (χ1v) is 4.39. The summed E-state index contributed by atoms with van der Waals surface area (Å²) in [5, 5.41) is 0. The van der Waals surface area contributed by atoms with Gasteiger partial charge < -0.3 is 0 Å². The van der Waals surface area contributed by atoms with E-state index in [1.165, 1.54) is 0 Å². The molecule has 0 fully saturated rings. The Bertz CT molecular complexity index is 385. The van der Waals surface area contributed by atoms with Crippen LogP contribution in [0.5, 0.6) is 0 Å². The molecule has 0 aliphatic rings. The molecule has 0 spiro atoms. The molecule has 2 heterocycles. The number of aromatic nitrogens is 3. The molecule has 0 bridgehead atoms. The van der Waals surface area contributed by atoms with Gasteiger partial charge in [-0.05, 0) is 13.0 Å². The minimum atomic E-state index is 0.845. The number of hydrogen-bond donors (Lipinski definition) is 0. The molecule has 68 valence electrons. The first-order chi connectivity index (χ1) is 6.36. The lowest BCUT2D eigenvalue weighted by Gasteiger charge is -1.94. The highest BCUT2D eigenvalue weighted by Gasteiger charge is 1.93. The number of nitrogens with zero attached hydrogens (tertiary/aromatic N) is 3. The van der Waals surface area contributed by atoms with Crippen LogP contribution in [0.2, 0.25) is 0 Å². The Kier molecular flexibility index (Phi) is 3.31. The highest BCUT2D eigenvalue weighted by atomic mass is 14.8. The molecule has 0 saturated heterocycles. The maximum atomic E-state index is 4.27. The van der Waals surface area contributed by atoms with E-state index in [2.05, 4.69) is 15.0 Å². The number of aryl methyl sites for hydroxylation is 1. The smallest absolute Gasteiger partial charge is 0.107 e. The third kappa shape index (κ3) is 2.21. The fourth-order valence-electron chi connectivity index (χ4n) is 0.955. The Labute approximate surface area is 77.9 Å². The van der Waals surface area contributed by atoms with Crippen LogP contribution in [0.3, 0.4) is 0 Å². The number of hydrogen-bond acceptors (Lipinski definition) is 3. The predicted octanol–water partition coefficient (Wildman–Crippen LogP) is 2.36. The van der Waals surface area contributed by atoms with Gasteiger partial charge in [0.05, 0.1) is 17.4 Å². The lowest BCUT2D eigenvalue weighted by molar-refractivity contribution is 1.17. The molecule has 0 aliphatic carbocycles. The minimum absolute atomic E-state index is 0.845. The van der Waals surface area contributed by atoms with Crippen LogP contribution in [0.4, 0.5) is 0 Å². The van der Waals surface area contributed by atoms with E-state index >= 15 is 0 Å². The zero-order valence-corrected chi connectivity index (χ0v) is 8.15. The Hall–Kier alpha value is -1.51. The second-order valence-corrected chi connectivity index (χ2v) is 2.38. The molecule has 0 radical (unpaired) electrons. The average Bonchev–Trinajstić information content (AvgIpc) is 2.21. The molecule has 0 N–H and O–H groups in total. The third-order valence-electron chi connectivity index (χ3n) is 1.46. The summed E-state index contributed by atoms with van der Waals surface area (Å²) in [6, 6.07) is 1.86. The summed E-state index contributed by atoms with van der Waals surface area (Å²) in [6.07, 6.45) is 5.17. The Morgan fingerprint density at radius 2 is 1.85 bits per heavy atom. The van der Waals surface area contributed by atoms with E-state index in [0.717, 1.165) is 16.7 Å². The van der Waals surface area contributed by atoms with Gasteiger partial charge in [-0.15, -0.1) is 0 Å². The van der Waals surface area contributed by atoms with E-state index in [1.807, 2.05) is 26.8 Å². The summed E-state index contributed by atoms with van der Waals surface area (Å²) >= 11 is 0. The third-order valence-corrected chi connectivity index (χ3v) is 1.46. The molecule has 3 heteroatoms. The van der Waals surface area contributed by atoms with Crippen LogP contribution in [0.1, 0.15) is 19.5 Å². The summed E-state index contributed by atoms with van der Waals surface area (Å²) in [4.78, 5) is 12.4. The van der Waals surface area contributed by atoms with Crippen LogP contribution in [0, 0.1) is 6.92 Å². The molecule has 0 aromatic carbocycles. The van der Waals surface area contributed by atoms with Crippen LogP contribution in [-0.4, -0.2) is 15.0 Å². The van der Waals surface area contributed by atoms with Gasteiger partial charge in [0.2, 0.25) is 0 Å². The van der Waals surface area contributed by atoms with E-state index in [9.17, 15) is 0 Å². The van der Waals surface area contributed by atoms with Crippen molar-refractivity contribution in [2.75, 3.05) is 0 Å². The van der Waals surface area contributed by atoms with E-state index in [1.54, 1.807) is 18.6 Å². The molecular weight excluding hydrogens is 162 g/mol. The maximum Gasteiger partial charge on any atom is 0.107 e. The molecular formula is C10H13N3. The van der Waals surface area contributed by atoms with Crippen LogP contribution in [0.15, 0.2) is 24.7 Å². The van der Waals surface area contributed by atoms with E-state index in [0.29, 0.717) is 0 Å². The van der Waals surface area contributed by atoms with E-state index in [-0.39, 0.29) is 0 Å². The SMILES string of the molecule is CC.Cc1cnc2cnccc2n1. The van der Waals surface area contributed by atoms with Gasteiger partial charge in [0.25, 0.3) is 0 Å². The second-order valence-electron chi connectivity index (χ2n) is 2.38. The second kappa shape index (κ2) is 4.50. The van der Waals surface area contributed by atoms with Gasteiger partial charge in [-0.3, -0.25) is 9.97 Å². The van der Waals surface area contributed by atoms with Crippen LogP contribution < -0.4 is 0 Å². The molecule has 0 aliphatic heterocycles. The molecule has 0 amide bonds. The summed E-state index contributed by atoms with van der Waals surface area (Å²) in [5.41, 5.74) is 2.68. The van der Waals surface area contributed by atoms with Gasteiger partial charge in [-0.2, -0.15) is 0 Å². The highest BCUT2D eigenvalue weighted by Crippen LogP contribution is 2.05. The fraction of sp³-hybridized carbons (Fsp3) is 0.300. The van der Waals surface area contributed by atoms with Crippen LogP contribution in [-0.2, 0) is 0 Å². The zero-order valence-electron chi connectivity index (χ0n) is 8.15. The Morgan fingerprint density at radius 1 is 1.08 bits per heavy atom. The van der Waals surface area contributed by atoms with Gasteiger partial charge >= 0.3 is 0 Å². The first kappa shape index (κ1) is 9.58. The van der Waals surface area contributed by atoms with Gasteiger partial charge in [-0.1, -0.05) is 13.8 Å². The Morgan fingerprint density at radius 3 is 2.62 bits per heavy atom. The van der Waals surface area contributed by atoms with Crippen molar-refractivity contribution in [3.63, 3.8) is 0 Å². The highest BCUT2D eigenvalue weighted by molar-refractivity contribution is 5.72. The van der Waals surface area contributed by atoms with E-state index in [4.69, 9.17) is 0 Å². The molecule has 0 atom stereocenters. The lowest BCUT2D eigenvalue weighted by Crippen LogP contribution is -1.86. The van der Waals surface area contributed by atoms with Gasteiger partial charge in [0, 0.05) is 12.4 Å². The van der Waals surface area contributed by atoms with Crippen molar-refractivity contribution in [3.8, 4) is 0 Å². The number of fused-ring (bicyclic) bond motifs is 1. The van der Waals surface area contributed by atoms with Crippen molar-refractivity contribution in [3.05, 3.63) is 30.4 Å². The van der Waals surface area contributed by atoms with Crippen molar-refractivity contribution in [1.29, 1.82) is 0 Å². The lowest BCUT2D eigenvalue weighted by atomic mass is 10.4. The standard InChI is InChI=1S/C8H7N3.C2H6/c1-6-4-10-8-5-9-3-2-7(8)11-6;1-2/h2-5H,1H3;1-2H3. The predicted molar refractivity (Wildman–Crippen MR) is 53.4 cm³/mol. The van der Waals surface area contributed by atoms with Crippen LogP contribution in [0.25, 0.3) is 11.0 Å². The molecule has 3 nitrogen and oxygen atoms in total. The minimum Gasteiger partial charge on any atom is -0.262 e. The summed E-state index contributed by atoms with van der Waals surface area (Å²) in [6.45, 7) is 5.92. The molecule has 13 heavy (non-hydrogen) atoms. The molecule has 2 aromatic heterocycles. The zero-order chi connectivity index (χ0) is 9.68. The average molecular weight is 175 g/mol. The van der Waals surface area contributed by atoms with Crippen molar-refractivity contribution >= 4 is 11.0 Å². The van der Waals surface area contributed by atoms with Crippen molar-refractivity contribution in [2.45, 2.75) is 20.8 Å². The maximum absolute atomic E-state index is 4.27. The van der Waals surface area contributed by atoms with Crippen molar-refractivity contribution in [2.24, 2.45) is 0 Å². The molecule has 0 saturated carbocycles. The topological polar surface area (TPSA) is 38.7 Å². The normalized spacial score (nSPS) is 9.15. The fourth-order valence-corrected chi connectivity index (χ4v) is 0.955. The van der Waals surface area contributed by atoms with Gasteiger partial charge in [0.1, 0.15) is 5.52 Å². The number of pyridine rings is 1. The van der Waals surface area contributed by atoms with Crippen molar-refractivity contribution in [1.82, 2.24) is 15.0 Å². The first-order valence-electron chi connectivity index (χ1n) is 4.39. The monoisotopic (exact) mass is 175 g/mol. The van der Waals surface area contributed by atoms with Crippen LogP contribution >= 0.6 is 0 Å². The molecule has 0 unspecified atom stereocenters. The molecule has 2 rings (SSSR count). The largest absolute Gasteiger partial charge is 0.262 e. The molecule has 2 aromatic rings. The quantitative estimate of drug-likeness (QED) is 0.617. The summed E-state index contributed by atoms with van der Waals surface area (Å²) in [7, 11) is 0. The van der Waals surface area contributed by atoms with Gasteiger partial charge in [-0.25, -0.2) is 4.98 Å². The summed E-state index contributed by atoms with van der Waals surface area (Å²) in [5.74, 6) is 0. The van der Waals surface area contributed by atoms with Gasteiger partial charge in [0.15, 0.2) is 0 Å². The van der Waals surface area contributed by atoms with Crippen molar-refractivity contribution < 1.29 is 0 Å². The Balaban J connectivity index is 0.000000396. The summed E-state index contributed by atoms with van der Waals surface area (Å²) < 4.78 is 0.